The van der Waals surface area contributed by atoms with Crippen molar-refractivity contribution in [3.05, 3.63) is 41.2 Å². The van der Waals surface area contributed by atoms with Crippen molar-refractivity contribution in [2.45, 2.75) is 38.0 Å². The highest BCUT2D eigenvalue weighted by molar-refractivity contribution is 5.48. The summed E-state index contributed by atoms with van der Waals surface area (Å²) in [4.78, 5) is 9.69. The molecule has 0 aromatic carbocycles. The van der Waals surface area contributed by atoms with Gasteiger partial charge < -0.3 is 20.2 Å². The Morgan fingerprint density at radius 2 is 2.16 bits per heavy atom. The molecule has 1 saturated carbocycles. The van der Waals surface area contributed by atoms with Crippen LogP contribution in [0.15, 0.2) is 22.8 Å². The maximum absolute atomic E-state index is 9.71. The molecule has 0 amide bonds. The molecule has 4 rings (SSSR count). The summed E-state index contributed by atoms with van der Waals surface area (Å²) in [5, 5.41) is 16.7. The minimum absolute atomic E-state index is 0.102. The zero-order valence-electron chi connectivity index (χ0n) is 14.5. The molecule has 2 aliphatic rings. The van der Waals surface area contributed by atoms with Crippen LogP contribution in [-0.2, 0) is 19.3 Å². The average molecular weight is 342 g/mol. The van der Waals surface area contributed by atoms with Crippen LogP contribution >= 0.6 is 0 Å². The third-order valence-electron chi connectivity index (χ3n) is 5.03. The number of furan rings is 1. The van der Waals surface area contributed by atoms with E-state index in [4.69, 9.17) is 14.4 Å². The number of hydrogen-bond donors (Lipinski definition) is 3. The quantitative estimate of drug-likeness (QED) is 0.713. The minimum Gasteiger partial charge on any atom is -0.469 e. The smallest absolute Gasteiger partial charge is 0.134 e. The standard InChI is InChI=1S/C19H26N4O2/c24-12-13(10-15-2-1-9-25-15)11-21-19-16-5-7-20-8-6-17(16)22-18(23-19)14-3-4-14/h1-2,9,13-14,20,24H,3-8,10-12H2,(H,21,22,23)/t13-/m0/s1. The third kappa shape index (κ3) is 4.02. The number of aliphatic hydroxyl groups is 1. The highest BCUT2D eigenvalue weighted by atomic mass is 16.3. The Labute approximate surface area is 148 Å². The Kier molecular flexibility index (Phi) is 4.99. The Hall–Kier alpha value is -1.92. The first-order chi connectivity index (χ1) is 12.3. The minimum atomic E-state index is 0.102. The fraction of sp³-hybridized carbons (Fsp3) is 0.579. The van der Waals surface area contributed by atoms with Gasteiger partial charge in [0, 0.05) is 49.9 Å². The van der Waals surface area contributed by atoms with Crippen molar-refractivity contribution >= 4 is 5.82 Å². The maximum atomic E-state index is 9.71. The summed E-state index contributed by atoms with van der Waals surface area (Å²) >= 11 is 0. The molecule has 0 unspecified atom stereocenters. The van der Waals surface area contributed by atoms with Crippen LogP contribution in [0.5, 0.6) is 0 Å². The molecule has 25 heavy (non-hydrogen) atoms. The van der Waals surface area contributed by atoms with Crippen LogP contribution in [0.2, 0.25) is 0 Å². The van der Waals surface area contributed by atoms with Gasteiger partial charge in [-0.2, -0.15) is 0 Å². The molecule has 2 aromatic heterocycles. The second kappa shape index (κ2) is 7.54. The van der Waals surface area contributed by atoms with Crippen molar-refractivity contribution in [1.29, 1.82) is 0 Å². The van der Waals surface area contributed by atoms with Crippen molar-refractivity contribution in [2.24, 2.45) is 5.92 Å². The summed E-state index contributed by atoms with van der Waals surface area (Å²) in [6.45, 7) is 2.74. The van der Waals surface area contributed by atoms with E-state index >= 15 is 0 Å². The molecule has 134 valence electrons. The molecule has 0 radical (unpaired) electrons. The molecule has 3 N–H and O–H groups in total. The highest BCUT2D eigenvalue weighted by Gasteiger charge is 2.29. The van der Waals surface area contributed by atoms with Crippen molar-refractivity contribution < 1.29 is 9.52 Å². The Morgan fingerprint density at radius 1 is 1.28 bits per heavy atom. The predicted octanol–water partition coefficient (Wildman–Crippen LogP) is 1.90. The monoisotopic (exact) mass is 342 g/mol. The molecule has 0 bridgehead atoms. The fourth-order valence-electron chi connectivity index (χ4n) is 3.39. The van der Waals surface area contributed by atoms with Gasteiger partial charge in [0.15, 0.2) is 0 Å². The van der Waals surface area contributed by atoms with Gasteiger partial charge in [-0.1, -0.05) is 0 Å². The SMILES string of the molecule is OC[C@H](CNc1nc(C2CC2)nc2c1CCNCC2)Cc1ccco1. The van der Waals surface area contributed by atoms with Crippen LogP contribution in [0.25, 0.3) is 0 Å². The number of hydrogen-bond acceptors (Lipinski definition) is 6. The summed E-state index contributed by atoms with van der Waals surface area (Å²) in [5.74, 6) is 3.51. The number of nitrogens with zero attached hydrogens (tertiary/aromatic N) is 2. The largest absolute Gasteiger partial charge is 0.469 e. The van der Waals surface area contributed by atoms with E-state index in [1.165, 1.54) is 24.1 Å². The van der Waals surface area contributed by atoms with E-state index in [0.29, 0.717) is 12.5 Å². The molecular weight excluding hydrogens is 316 g/mol. The van der Waals surface area contributed by atoms with E-state index in [0.717, 1.165) is 49.8 Å². The number of aromatic nitrogens is 2. The lowest BCUT2D eigenvalue weighted by molar-refractivity contribution is 0.226. The lowest BCUT2D eigenvalue weighted by atomic mass is 10.0. The summed E-state index contributed by atoms with van der Waals surface area (Å²) in [7, 11) is 0. The van der Waals surface area contributed by atoms with Gasteiger partial charge >= 0.3 is 0 Å². The van der Waals surface area contributed by atoms with Crippen LogP contribution in [0.1, 0.15) is 41.6 Å². The summed E-state index contributed by atoms with van der Waals surface area (Å²) in [6, 6.07) is 3.84. The van der Waals surface area contributed by atoms with Gasteiger partial charge in [0.05, 0.1) is 12.0 Å². The van der Waals surface area contributed by atoms with Gasteiger partial charge in [-0.25, -0.2) is 9.97 Å². The molecule has 1 fully saturated rings. The van der Waals surface area contributed by atoms with Gasteiger partial charge in [-0.15, -0.1) is 0 Å². The number of nitrogens with one attached hydrogen (secondary N) is 2. The van der Waals surface area contributed by atoms with Crippen LogP contribution in [0.3, 0.4) is 0 Å². The molecule has 3 heterocycles. The van der Waals surface area contributed by atoms with Crippen molar-refractivity contribution in [2.75, 3.05) is 31.6 Å². The van der Waals surface area contributed by atoms with Gasteiger partial charge in [0.1, 0.15) is 17.4 Å². The van der Waals surface area contributed by atoms with E-state index in [1.807, 2.05) is 12.1 Å². The van der Waals surface area contributed by atoms with Gasteiger partial charge in [-0.05, 0) is 37.9 Å². The van der Waals surface area contributed by atoms with Crippen LogP contribution in [0, 0.1) is 5.92 Å². The Balaban J connectivity index is 1.51. The van der Waals surface area contributed by atoms with Crippen molar-refractivity contribution in [3.63, 3.8) is 0 Å². The molecule has 0 saturated heterocycles. The van der Waals surface area contributed by atoms with Gasteiger partial charge in [-0.3, -0.25) is 0 Å². The molecular formula is C19H26N4O2. The second-order valence-corrected chi connectivity index (χ2v) is 7.09. The van der Waals surface area contributed by atoms with E-state index in [2.05, 4.69) is 10.6 Å². The lowest BCUT2D eigenvalue weighted by Crippen LogP contribution is -2.22. The Bertz CT molecular complexity index is 698. The predicted molar refractivity (Wildman–Crippen MR) is 95.8 cm³/mol. The number of rotatable bonds is 7. The zero-order valence-corrected chi connectivity index (χ0v) is 14.5. The molecule has 1 aliphatic carbocycles. The van der Waals surface area contributed by atoms with Crippen LogP contribution < -0.4 is 10.6 Å². The first kappa shape index (κ1) is 16.5. The zero-order chi connectivity index (χ0) is 17.1. The van der Waals surface area contributed by atoms with Crippen molar-refractivity contribution in [3.8, 4) is 0 Å². The first-order valence-electron chi connectivity index (χ1n) is 9.31. The maximum Gasteiger partial charge on any atom is 0.134 e. The highest BCUT2D eigenvalue weighted by Crippen LogP contribution is 2.39. The summed E-state index contributed by atoms with van der Waals surface area (Å²) < 4.78 is 5.41. The lowest BCUT2D eigenvalue weighted by Gasteiger charge is -2.18. The topological polar surface area (TPSA) is 83.2 Å². The summed E-state index contributed by atoms with van der Waals surface area (Å²) in [5.41, 5.74) is 2.43. The van der Waals surface area contributed by atoms with E-state index in [1.54, 1.807) is 6.26 Å². The molecule has 6 nitrogen and oxygen atoms in total. The number of anilines is 1. The Morgan fingerprint density at radius 3 is 2.92 bits per heavy atom. The van der Waals surface area contributed by atoms with Crippen LogP contribution in [0.4, 0.5) is 5.82 Å². The van der Waals surface area contributed by atoms with Crippen LogP contribution in [-0.4, -0.2) is 41.3 Å². The molecule has 2 aromatic rings. The molecule has 6 heteroatoms. The normalized spacial score (nSPS) is 18.4. The van der Waals surface area contributed by atoms with E-state index in [-0.39, 0.29) is 12.5 Å². The van der Waals surface area contributed by atoms with Crippen molar-refractivity contribution in [1.82, 2.24) is 15.3 Å². The summed E-state index contributed by atoms with van der Waals surface area (Å²) in [6.07, 6.45) is 6.71. The average Bonchev–Trinajstić information content (AvgIpc) is 3.40. The van der Waals surface area contributed by atoms with Gasteiger partial charge in [0.2, 0.25) is 0 Å². The van der Waals surface area contributed by atoms with E-state index < -0.39 is 0 Å². The molecule has 0 spiro atoms. The second-order valence-electron chi connectivity index (χ2n) is 7.09. The molecule has 1 aliphatic heterocycles. The number of fused-ring (bicyclic) bond motifs is 1. The fourth-order valence-corrected chi connectivity index (χ4v) is 3.39. The third-order valence-corrected chi connectivity index (χ3v) is 5.03. The first-order valence-corrected chi connectivity index (χ1v) is 9.31. The van der Waals surface area contributed by atoms with Gasteiger partial charge in [0.25, 0.3) is 0 Å². The number of aliphatic hydroxyl groups excluding tert-OH is 1. The van der Waals surface area contributed by atoms with E-state index in [9.17, 15) is 5.11 Å². The molecule has 1 atom stereocenters.